The van der Waals surface area contributed by atoms with Crippen LogP contribution < -0.4 is 10.4 Å². The average molecular weight is 411 g/mol. The molecule has 4 aromatic rings. The van der Waals surface area contributed by atoms with Gasteiger partial charge in [-0.25, -0.2) is 4.79 Å². The Morgan fingerprint density at radius 2 is 1.90 bits per heavy atom. The lowest BCUT2D eigenvalue weighted by Crippen LogP contribution is -2.23. The van der Waals surface area contributed by atoms with Crippen molar-refractivity contribution in [2.24, 2.45) is 12.0 Å². The quantitative estimate of drug-likeness (QED) is 0.505. The highest BCUT2D eigenvalue weighted by Gasteiger charge is 2.15. The maximum Gasteiger partial charge on any atom is 0.328 e. The van der Waals surface area contributed by atoms with Crippen molar-refractivity contribution in [3.63, 3.8) is 0 Å². The molecular weight excluding hydrogens is 390 g/mol. The summed E-state index contributed by atoms with van der Waals surface area (Å²) in [6.45, 7) is 1.08. The highest BCUT2D eigenvalue weighted by molar-refractivity contribution is 5.86. The molecule has 0 saturated heterocycles. The Balaban J connectivity index is 1.53. The fourth-order valence-electron chi connectivity index (χ4n) is 3.77. The number of aryl methyl sites for hydroxylation is 1. The third kappa shape index (κ3) is 3.54. The first-order valence-corrected chi connectivity index (χ1v) is 9.97. The van der Waals surface area contributed by atoms with E-state index in [4.69, 9.17) is 4.74 Å². The smallest absolute Gasteiger partial charge is 0.328 e. The fraction of sp³-hybridized carbons (Fsp3) is 0.167. The van der Waals surface area contributed by atoms with Gasteiger partial charge in [-0.05, 0) is 41.5 Å². The average Bonchev–Trinajstić information content (AvgIpc) is 3.39. The van der Waals surface area contributed by atoms with Crippen LogP contribution in [0, 0.1) is 0 Å². The van der Waals surface area contributed by atoms with Crippen molar-refractivity contribution in [2.75, 3.05) is 7.11 Å². The standard InChI is InChI=1S/C24H21N5O2/c1-28-15-23(29(24(28)30)14-16-3-5-20(31-2)6-4-16)21-10-17(7-8-26-21)18-9-19-11-25-13-22(19)27-12-18/h3-12,15H,13-14H2,1-2H3. The minimum Gasteiger partial charge on any atom is -0.497 e. The summed E-state index contributed by atoms with van der Waals surface area (Å²) in [6.07, 6.45) is 7.31. The molecule has 1 aliphatic rings. The van der Waals surface area contributed by atoms with Crippen molar-refractivity contribution >= 4 is 6.21 Å². The van der Waals surface area contributed by atoms with Gasteiger partial charge in [-0.15, -0.1) is 0 Å². The van der Waals surface area contributed by atoms with Crippen LogP contribution in [-0.2, 0) is 20.1 Å². The number of aromatic nitrogens is 4. The van der Waals surface area contributed by atoms with E-state index in [9.17, 15) is 4.79 Å². The number of pyridine rings is 2. The third-order valence-corrected chi connectivity index (χ3v) is 5.47. The van der Waals surface area contributed by atoms with Gasteiger partial charge in [-0.1, -0.05) is 12.1 Å². The number of aliphatic imine (C=N–C) groups is 1. The van der Waals surface area contributed by atoms with Crippen LogP contribution in [0.1, 0.15) is 16.8 Å². The molecule has 0 atom stereocenters. The highest BCUT2D eigenvalue weighted by Crippen LogP contribution is 2.26. The van der Waals surface area contributed by atoms with Gasteiger partial charge in [-0.3, -0.25) is 19.5 Å². The van der Waals surface area contributed by atoms with Gasteiger partial charge in [0.1, 0.15) is 5.75 Å². The summed E-state index contributed by atoms with van der Waals surface area (Å²) in [6, 6.07) is 13.8. The first-order chi connectivity index (χ1) is 15.1. The Morgan fingerprint density at radius 1 is 1.06 bits per heavy atom. The molecule has 5 rings (SSSR count). The van der Waals surface area contributed by atoms with Crippen molar-refractivity contribution in [1.82, 2.24) is 19.1 Å². The van der Waals surface area contributed by atoms with Crippen LogP contribution in [0.3, 0.4) is 0 Å². The van der Waals surface area contributed by atoms with Crippen molar-refractivity contribution in [3.8, 4) is 28.3 Å². The number of benzene rings is 1. The van der Waals surface area contributed by atoms with Gasteiger partial charge in [-0.2, -0.15) is 0 Å². The molecule has 0 bridgehead atoms. The van der Waals surface area contributed by atoms with E-state index < -0.39 is 0 Å². The van der Waals surface area contributed by atoms with E-state index in [-0.39, 0.29) is 5.69 Å². The number of rotatable bonds is 5. The Labute approximate surface area is 179 Å². The number of fused-ring (bicyclic) bond motifs is 1. The summed E-state index contributed by atoms with van der Waals surface area (Å²) in [5, 5.41) is 0. The lowest BCUT2D eigenvalue weighted by atomic mass is 10.0. The van der Waals surface area contributed by atoms with Crippen LogP contribution in [-0.4, -0.2) is 32.4 Å². The van der Waals surface area contributed by atoms with Gasteiger partial charge in [0.15, 0.2) is 0 Å². The van der Waals surface area contributed by atoms with Gasteiger partial charge >= 0.3 is 5.69 Å². The van der Waals surface area contributed by atoms with Gasteiger partial charge in [0, 0.05) is 43.0 Å². The summed E-state index contributed by atoms with van der Waals surface area (Å²) in [7, 11) is 3.39. The maximum atomic E-state index is 12.8. The summed E-state index contributed by atoms with van der Waals surface area (Å²) in [5.74, 6) is 0.784. The number of imidazole rings is 1. The number of hydrogen-bond acceptors (Lipinski definition) is 5. The van der Waals surface area contributed by atoms with Crippen molar-refractivity contribution in [1.29, 1.82) is 0 Å². The molecule has 0 fully saturated rings. The van der Waals surface area contributed by atoms with E-state index in [2.05, 4.69) is 21.0 Å². The largest absolute Gasteiger partial charge is 0.497 e. The van der Waals surface area contributed by atoms with Crippen LogP contribution in [0.15, 0.2) is 70.8 Å². The summed E-state index contributed by atoms with van der Waals surface area (Å²) < 4.78 is 8.55. The zero-order valence-corrected chi connectivity index (χ0v) is 17.3. The molecule has 7 heteroatoms. The van der Waals surface area contributed by atoms with Gasteiger partial charge in [0.25, 0.3) is 0 Å². The first-order valence-electron chi connectivity index (χ1n) is 9.97. The Morgan fingerprint density at radius 3 is 2.71 bits per heavy atom. The molecule has 0 aliphatic carbocycles. The molecule has 0 unspecified atom stereocenters. The minimum absolute atomic E-state index is 0.0894. The Hall–Kier alpha value is -4.00. The van der Waals surface area contributed by atoms with Crippen molar-refractivity contribution in [3.05, 3.63) is 88.4 Å². The van der Waals surface area contributed by atoms with Crippen LogP contribution in [0.25, 0.3) is 22.5 Å². The van der Waals surface area contributed by atoms with Crippen LogP contribution >= 0.6 is 0 Å². The summed E-state index contributed by atoms with van der Waals surface area (Å²) >= 11 is 0. The number of hydrogen-bond donors (Lipinski definition) is 0. The Kier molecular flexibility index (Phi) is 4.71. The molecule has 0 radical (unpaired) electrons. The molecule has 0 N–H and O–H groups in total. The van der Waals surface area contributed by atoms with E-state index in [1.165, 1.54) is 0 Å². The van der Waals surface area contributed by atoms with E-state index in [0.717, 1.165) is 45.1 Å². The summed E-state index contributed by atoms with van der Waals surface area (Å²) in [5.41, 5.74) is 6.45. The number of nitrogens with zero attached hydrogens (tertiary/aromatic N) is 5. The van der Waals surface area contributed by atoms with Crippen LogP contribution in [0.4, 0.5) is 0 Å². The summed E-state index contributed by atoms with van der Waals surface area (Å²) in [4.78, 5) is 26.2. The molecule has 1 aromatic carbocycles. The van der Waals surface area contributed by atoms with Gasteiger partial charge in [0.05, 0.1) is 37.3 Å². The number of ether oxygens (including phenoxy) is 1. The second kappa shape index (κ2) is 7.68. The second-order valence-electron chi connectivity index (χ2n) is 7.50. The topological polar surface area (TPSA) is 74.3 Å². The SMILES string of the molecule is COc1ccc(Cn2c(-c3cc(-c4cnc5c(c4)C=NC5)ccn3)cn(C)c2=O)cc1. The Bertz CT molecular complexity index is 1350. The molecule has 31 heavy (non-hydrogen) atoms. The molecule has 0 saturated carbocycles. The zero-order valence-electron chi connectivity index (χ0n) is 17.3. The highest BCUT2D eigenvalue weighted by atomic mass is 16.5. The maximum absolute atomic E-state index is 12.8. The predicted molar refractivity (Wildman–Crippen MR) is 120 cm³/mol. The van der Waals surface area contributed by atoms with E-state index in [0.29, 0.717) is 13.1 Å². The number of methoxy groups -OCH3 is 1. The fourth-order valence-corrected chi connectivity index (χ4v) is 3.77. The van der Waals surface area contributed by atoms with E-state index in [1.54, 1.807) is 29.5 Å². The first kappa shape index (κ1) is 19.0. The van der Waals surface area contributed by atoms with Crippen molar-refractivity contribution in [2.45, 2.75) is 13.1 Å². The molecule has 154 valence electrons. The molecule has 1 aliphatic heterocycles. The minimum atomic E-state index is -0.0894. The lowest BCUT2D eigenvalue weighted by Gasteiger charge is -2.09. The van der Waals surface area contributed by atoms with Gasteiger partial charge < -0.3 is 9.30 Å². The molecule has 4 heterocycles. The monoisotopic (exact) mass is 411 g/mol. The van der Waals surface area contributed by atoms with Crippen LogP contribution in [0.5, 0.6) is 5.75 Å². The normalized spacial score (nSPS) is 12.2. The molecule has 7 nitrogen and oxygen atoms in total. The van der Waals surface area contributed by atoms with E-state index in [1.807, 2.05) is 55.0 Å². The van der Waals surface area contributed by atoms with Crippen LogP contribution in [0.2, 0.25) is 0 Å². The third-order valence-electron chi connectivity index (χ3n) is 5.47. The molecule has 0 spiro atoms. The molecule has 0 amide bonds. The molecular formula is C24H21N5O2. The van der Waals surface area contributed by atoms with Gasteiger partial charge in [0.2, 0.25) is 0 Å². The zero-order chi connectivity index (χ0) is 21.4. The molecule has 3 aromatic heterocycles. The van der Waals surface area contributed by atoms with Crippen molar-refractivity contribution < 1.29 is 4.74 Å². The predicted octanol–water partition coefficient (Wildman–Crippen LogP) is 3.30. The second-order valence-corrected chi connectivity index (χ2v) is 7.50. The lowest BCUT2D eigenvalue weighted by molar-refractivity contribution is 0.414. The van der Waals surface area contributed by atoms with E-state index >= 15 is 0 Å².